The number of amides is 1. The molecule has 0 unspecified atom stereocenters. The van der Waals surface area contributed by atoms with Gasteiger partial charge in [-0.05, 0) is 19.1 Å². The van der Waals surface area contributed by atoms with Crippen molar-refractivity contribution in [2.24, 2.45) is 0 Å². The molecule has 1 fully saturated rings. The number of alkyl halides is 3. The standard InChI is InChI=1S/C14H15F3N6O.2ClH/c1-9-6-18-4-5-22(9)13(24)11-8-23(21-20-11)12-3-2-10(7-19-12)14(15,16)17;;/h2-3,7-9,18H,4-6H2,1H3;2*1H/t9-;;/m1../s1. The Morgan fingerprint density at radius 1 is 1.31 bits per heavy atom. The molecule has 1 saturated heterocycles. The van der Waals surface area contributed by atoms with E-state index in [0.29, 0.717) is 19.6 Å². The Kier molecular flexibility index (Phi) is 7.36. The minimum atomic E-state index is -4.45. The van der Waals surface area contributed by atoms with E-state index in [1.807, 2.05) is 6.92 Å². The number of aromatic nitrogens is 4. The van der Waals surface area contributed by atoms with Gasteiger partial charge in [-0.1, -0.05) is 5.21 Å². The van der Waals surface area contributed by atoms with E-state index in [9.17, 15) is 18.0 Å². The molecule has 0 spiro atoms. The number of hydrogen-bond donors (Lipinski definition) is 1. The zero-order chi connectivity index (χ0) is 17.3. The van der Waals surface area contributed by atoms with Crippen LogP contribution < -0.4 is 5.32 Å². The monoisotopic (exact) mass is 412 g/mol. The average molecular weight is 413 g/mol. The van der Waals surface area contributed by atoms with E-state index in [0.717, 1.165) is 12.3 Å². The van der Waals surface area contributed by atoms with Gasteiger partial charge in [0.1, 0.15) is 0 Å². The summed E-state index contributed by atoms with van der Waals surface area (Å²) in [6, 6.07) is 2.11. The molecule has 1 amide bonds. The molecule has 2 aromatic heterocycles. The van der Waals surface area contributed by atoms with Crippen molar-refractivity contribution >= 4 is 30.7 Å². The second kappa shape index (κ2) is 8.65. The fourth-order valence-corrected chi connectivity index (χ4v) is 2.45. The number of piperazine rings is 1. The van der Waals surface area contributed by atoms with Crippen LogP contribution in [0, 0.1) is 0 Å². The lowest BCUT2D eigenvalue weighted by Crippen LogP contribution is -2.52. The highest BCUT2D eigenvalue weighted by molar-refractivity contribution is 5.92. The second-order valence-electron chi connectivity index (χ2n) is 5.50. The molecule has 2 aromatic rings. The molecule has 144 valence electrons. The highest BCUT2D eigenvalue weighted by Crippen LogP contribution is 2.28. The van der Waals surface area contributed by atoms with E-state index in [2.05, 4.69) is 20.6 Å². The first-order valence-corrected chi connectivity index (χ1v) is 7.34. The maximum absolute atomic E-state index is 12.5. The minimum Gasteiger partial charge on any atom is -0.332 e. The Morgan fingerprint density at radius 3 is 2.62 bits per heavy atom. The maximum Gasteiger partial charge on any atom is 0.417 e. The van der Waals surface area contributed by atoms with Gasteiger partial charge in [-0.25, -0.2) is 9.67 Å². The Hall–Kier alpha value is -1.91. The molecule has 12 heteroatoms. The molecule has 0 bridgehead atoms. The largest absolute Gasteiger partial charge is 0.417 e. The number of hydrogen-bond acceptors (Lipinski definition) is 5. The van der Waals surface area contributed by atoms with Crippen LogP contribution in [-0.4, -0.2) is 56.5 Å². The van der Waals surface area contributed by atoms with Gasteiger partial charge in [0.05, 0.1) is 11.8 Å². The van der Waals surface area contributed by atoms with Gasteiger partial charge in [0.25, 0.3) is 5.91 Å². The van der Waals surface area contributed by atoms with Crippen LogP contribution in [0.25, 0.3) is 5.82 Å². The van der Waals surface area contributed by atoms with Gasteiger partial charge in [0, 0.05) is 31.9 Å². The summed E-state index contributed by atoms with van der Waals surface area (Å²) in [4.78, 5) is 17.9. The summed E-state index contributed by atoms with van der Waals surface area (Å²) in [5.74, 6) is -0.106. The van der Waals surface area contributed by atoms with Crippen molar-refractivity contribution in [1.29, 1.82) is 0 Å². The maximum atomic E-state index is 12.5. The predicted molar refractivity (Wildman–Crippen MR) is 92.0 cm³/mol. The van der Waals surface area contributed by atoms with Gasteiger partial charge in [0.15, 0.2) is 11.5 Å². The van der Waals surface area contributed by atoms with Crippen molar-refractivity contribution in [3.63, 3.8) is 0 Å². The molecule has 3 rings (SSSR count). The highest BCUT2D eigenvalue weighted by Gasteiger charge is 2.31. The lowest BCUT2D eigenvalue weighted by atomic mass is 10.2. The SMILES string of the molecule is C[C@@H]1CNCCN1C(=O)c1cn(-c2ccc(C(F)(F)F)cn2)nn1.Cl.Cl. The summed E-state index contributed by atoms with van der Waals surface area (Å²) in [7, 11) is 0. The van der Waals surface area contributed by atoms with Gasteiger partial charge in [-0.3, -0.25) is 4.79 Å². The molecule has 0 radical (unpaired) electrons. The third-order valence-electron chi connectivity index (χ3n) is 3.78. The van der Waals surface area contributed by atoms with Gasteiger partial charge in [0.2, 0.25) is 0 Å². The zero-order valence-corrected chi connectivity index (χ0v) is 15.2. The molecule has 0 aromatic carbocycles. The van der Waals surface area contributed by atoms with E-state index in [1.165, 1.54) is 16.9 Å². The van der Waals surface area contributed by atoms with Crippen LogP contribution in [0.3, 0.4) is 0 Å². The van der Waals surface area contributed by atoms with Crippen molar-refractivity contribution in [2.75, 3.05) is 19.6 Å². The molecule has 1 aliphatic rings. The highest BCUT2D eigenvalue weighted by atomic mass is 35.5. The van der Waals surface area contributed by atoms with E-state index >= 15 is 0 Å². The van der Waals surface area contributed by atoms with E-state index in [4.69, 9.17) is 0 Å². The van der Waals surface area contributed by atoms with E-state index < -0.39 is 11.7 Å². The Labute approximate surface area is 159 Å². The number of carbonyl (C=O) groups excluding carboxylic acids is 1. The molecule has 0 saturated carbocycles. The normalized spacial score (nSPS) is 17.2. The van der Waals surface area contributed by atoms with Crippen molar-refractivity contribution in [1.82, 2.24) is 30.2 Å². The van der Waals surface area contributed by atoms with Gasteiger partial charge < -0.3 is 10.2 Å². The summed E-state index contributed by atoms with van der Waals surface area (Å²) in [6.45, 7) is 3.88. The fourth-order valence-electron chi connectivity index (χ4n) is 2.45. The van der Waals surface area contributed by atoms with Crippen LogP contribution in [0.2, 0.25) is 0 Å². The number of nitrogens with one attached hydrogen (secondary N) is 1. The topological polar surface area (TPSA) is 75.9 Å². The smallest absolute Gasteiger partial charge is 0.332 e. The predicted octanol–water partition coefficient (Wildman–Crippen LogP) is 1.96. The third-order valence-corrected chi connectivity index (χ3v) is 3.78. The van der Waals surface area contributed by atoms with Crippen molar-refractivity contribution in [2.45, 2.75) is 19.1 Å². The van der Waals surface area contributed by atoms with Gasteiger partial charge in [-0.15, -0.1) is 29.9 Å². The molecular weight excluding hydrogens is 396 g/mol. The molecule has 1 atom stereocenters. The summed E-state index contributed by atoms with van der Waals surface area (Å²) in [5.41, 5.74) is -0.720. The number of carbonyl (C=O) groups is 1. The summed E-state index contributed by atoms with van der Waals surface area (Å²) in [5, 5.41) is 10.8. The Bertz CT molecular complexity index is 737. The first-order valence-electron chi connectivity index (χ1n) is 7.34. The number of pyridine rings is 1. The molecule has 1 N–H and O–H groups in total. The van der Waals surface area contributed by atoms with Crippen LogP contribution >= 0.6 is 24.8 Å². The number of rotatable bonds is 2. The molecule has 0 aliphatic carbocycles. The Morgan fingerprint density at radius 2 is 2.04 bits per heavy atom. The minimum absolute atomic E-state index is 0. The van der Waals surface area contributed by atoms with Crippen molar-refractivity contribution in [3.05, 3.63) is 35.8 Å². The van der Waals surface area contributed by atoms with Gasteiger partial charge in [-0.2, -0.15) is 13.2 Å². The first-order chi connectivity index (χ1) is 11.4. The van der Waals surface area contributed by atoms with Crippen LogP contribution in [0.4, 0.5) is 13.2 Å². The van der Waals surface area contributed by atoms with Gasteiger partial charge >= 0.3 is 6.18 Å². The van der Waals surface area contributed by atoms with Crippen LogP contribution in [0.1, 0.15) is 23.0 Å². The Balaban J connectivity index is 0.00000169. The van der Waals surface area contributed by atoms with Crippen molar-refractivity contribution < 1.29 is 18.0 Å². The van der Waals surface area contributed by atoms with Crippen LogP contribution in [0.5, 0.6) is 0 Å². The molecule has 7 nitrogen and oxygen atoms in total. The summed E-state index contributed by atoms with van der Waals surface area (Å²) < 4.78 is 38.8. The van der Waals surface area contributed by atoms with Crippen molar-refractivity contribution in [3.8, 4) is 5.82 Å². The lowest BCUT2D eigenvalue weighted by molar-refractivity contribution is -0.137. The molecule has 26 heavy (non-hydrogen) atoms. The number of nitrogens with zero attached hydrogens (tertiary/aromatic N) is 5. The molecule has 3 heterocycles. The number of halogens is 5. The quantitative estimate of drug-likeness (QED) is 0.815. The fraction of sp³-hybridized carbons (Fsp3) is 0.429. The van der Waals surface area contributed by atoms with Crippen LogP contribution in [0.15, 0.2) is 24.5 Å². The lowest BCUT2D eigenvalue weighted by Gasteiger charge is -2.33. The zero-order valence-electron chi connectivity index (χ0n) is 13.6. The van der Waals surface area contributed by atoms with E-state index in [1.54, 1.807) is 4.90 Å². The third kappa shape index (κ3) is 4.63. The van der Waals surface area contributed by atoms with Crippen LogP contribution in [-0.2, 0) is 6.18 Å². The van der Waals surface area contributed by atoms with E-state index in [-0.39, 0.29) is 48.3 Å². The summed E-state index contributed by atoms with van der Waals surface area (Å²) in [6.07, 6.45) is -2.36. The first kappa shape index (κ1) is 22.1. The summed E-state index contributed by atoms with van der Waals surface area (Å²) >= 11 is 0. The second-order valence-corrected chi connectivity index (χ2v) is 5.50. The average Bonchev–Trinajstić information content (AvgIpc) is 3.04. The molecule has 1 aliphatic heterocycles. The molecular formula is C14H17Cl2F3N6O.